The first kappa shape index (κ1) is 30.0. The van der Waals surface area contributed by atoms with Crippen molar-refractivity contribution in [1.29, 1.82) is 0 Å². The largest absolute Gasteiger partial charge is 0.394 e. The van der Waals surface area contributed by atoms with Crippen molar-refractivity contribution in [2.24, 2.45) is 0 Å². The van der Waals surface area contributed by atoms with E-state index in [0.717, 1.165) is 25.0 Å². The van der Waals surface area contributed by atoms with Crippen LogP contribution in [0.1, 0.15) is 115 Å². The van der Waals surface area contributed by atoms with Crippen molar-refractivity contribution in [3.8, 4) is 0 Å². The van der Waals surface area contributed by atoms with Gasteiger partial charge in [-0.3, -0.25) is 0 Å². The molecule has 1 N–H and O–H groups in total. The zero-order valence-electron chi connectivity index (χ0n) is 21.0. The first-order chi connectivity index (χ1) is 16.2. The maximum Gasteiger partial charge on any atom is 0.159 e. The Balaban J connectivity index is 1.85. The average molecular weight is 471 g/mol. The van der Waals surface area contributed by atoms with Gasteiger partial charge in [0.05, 0.1) is 19.8 Å². The van der Waals surface area contributed by atoms with Crippen LogP contribution < -0.4 is 0 Å². The predicted octanol–water partition coefficient (Wildman–Crippen LogP) is 8.12. The SMILES string of the molecule is CCCCCCCCCCCCCCCCCCOC[C@H](CO)OCc1ccc(F)c(F)c1. The minimum absolute atomic E-state index is 0.116. The Morgan fingerprint density at radius 1 is 0.727 bits per heavy atom. The molecule has 0 amide bonds. The molecule has 33 heavy (non-hydrogen) atoms. The van der Waals surface area contributed by atoms with Crippen LogP contribution in [0.25, 0.3) is 0 Å². The molecular formula is C28H48F2O3. The summed E-state index contributed by atoms with van der Waals surface area (Å²) in [5.74, 6) is -1.77. The molecule has 0 aliphatic heterocycles. The highest BCUT2D eigenvalue weighted by Gasteiger charge is 2.10. The van der Waals surface area contributed by atoms with Gasteiger partial charge in [-0.1, -0.05) is 109 Å². The molecule has 0 unspecified atom stereocenters. The van der Waals surface area contributed by atoms with Crippen molar-refractivity contribution >= 4 is 0 Å². The van der Waals surface area contributed by atoms with Gasteiger partial charge < -0.3 is 14.6 Å². The smallest absolute Gasteiger partial charge is 0.159 e. The summed E-state index contributed by atoms with van der Waals surface area (Å²) in [5, 5.41) is 9.41. The maximum atomic E-state index is 13.2. The van der Waals surface area contributed by atoms with E-state index < -0.39 is 17.7 Å². The molecule has 3 nitrogen and oxygen atoms in total. The third kappa shape index (κ3) is 17.1. The number of hydrogen-bond acceptors (Lipinski definition) is 3. The van der Waals surface area contributed by atoms with E-state index in [2.05, 4.69) is 6.92 Å². The van der Waals surface area contributed by atoms with E-state index in [1.807, 2.05) is 0 Å². The van der Waals surface area contributed by atoms with Crippen LogP contribution in [0.2, 0.25) is 0 Å². The summed E-state index contributed by atoms with van der Waals surface area (Å²) in [6.07, 6.45) is 21.0. The number of benzene rings is 1. The van der Waals surface area contributed by atoms with Gasteiger partial charge in [-0.05, 0) is 24.1 Å². The van der Waals surface area contributed by atoms with Gasteiger partial charge in [-0.15, -0.1) is 0 Å². The molecule has 1 atom stereocenters. The Bertz CT molecular complexity index is 568. The minimum atomic E-state index is -0.892. The molecule has 0 fully saturated rings. The highest BCUT2D eigenvalue weighted by molar-refractivity contribution is 5.16. The van der Waals surface area contributed by atoms with Crippen LogP contribution >= 0.6 is 0 Å². The Morgan fingerprint density at radius 2 is 1.24 bits per heavy atom. The lowest BCUT2D eigenvalue weighted by Gasteiger charge is -2.16. The number of rotatable bonds is 23. The van der Waals surface area contributed by atoms with Crippen molar-refractivity contribution in [2.75, 3.05) is 19.8 Å². The number of aliphatic hydroxyl groups is 1. The summed E-state index contributed by atoms with van der Waals surface area (Å²) in [6.45, 7) is 3.18. The Morgan fingerprint density at radius 3 is 1.73 bits per heavy atom. The molecule has 0 aliphatic carbocycles. The van der Waals surface area contributed by atoms with Gasteiger partial charge in [0.25, 0.3) is 0 Å². The second kappa shape index (κ2) is 21.5. The number of halogens is 2. The second-order valence-corrected chi connectivity index (χ2v) is 9.24. The van der Waals surface area contributed by atoms with E-state index in [9.17, 15) is 13.9 Å². The van der Waals surface area contributed by atoms with Gasteiger partial charge in [-0.2, -0.15) is 0 Å². The van der Waals surface area contributed by atoms with Crippen molar-refractivity contribution in [3.05, 3.63) is 35.4 Å². The van der Waals surface area contributed by atoms with Crippen molar-refractivity contribution in [1.82, 2.24) is 0 Å². The number of unbranched alkanes of at least 4 members (excludes halogenated alkanes) is 15. The highest BCUT2D eigenvalue weighted by atomic mass is 19.2. The zero-order chi connectivity index (χ0) is 24.0. The third-order valence-corrected chi connectivity index (χ3v) is 6.12. The van der Waals surface area contributed by atoms with Crippen LogP contribution in [-0.4, -0.2) is 31.0 Å². The fourth-order valence-electron chi connectivity index (χ4n) is 3.96. The van der Waals surface area contributed by atoms with E-state index in [-0.39, 0.29) is 13.2 Å². The van der Waals surface area contributed by atoms with Crippen LogP contribution in [0.4, 0.5) is 8.78 Å². The predicted molar refractivity (Wildman–Crippen MR) is 132 cm³/mol. The van der Waals surface area contributed by atoms with Crippen molar-refractivity contribution < 1.29 is 23.4 Å². The van der Waals surface area contributed by atoms with Gasteiger partial charge >= 0.3 is 0 Å². The number of ether oxygens (including phenoxy) is 2. The molecule has 0 radical (unpaired) electrons. The van der Waals surface area contributed by atoms with E-state index >= 15 is 0 Å². The van der Waals surface area contributed by atoms with Gasteiger partial charge in [0, 0.05) is 6.61 Å². The highest BCUT2D eigenvalue weighted by Crippen LogP contribution is 2.14. The quantitative estimate of drug-likeness (QED) is 0.164. The molecule has 192 valence electrons. The lowest BCUT2D eigenvalue weighted by molar-refractivity contribution is -0.0503. The molecular weight excluding hydrogens is 422 g/mol. The summed E-state index contributed by atoms with van der Waals surface area (Å²) >= 11 is 0. The third-order valence-electron chi connectivity index (χ3n) is 6.12. The van der Waals surface area contributed by atoms with Gasteiger partial charge in [-0.25, -0.2) is 8.78 Å². The van der Waals surface area contributed by atoms with E-state index in [4.69, 9.17) is 9.47 Å². The first-order valence-corrected chi connectivity index (χ1v) is 13.4. The summed E-state index contributed by atoms with van der Waals surface area (Å²) < 4.78 is 37.3. The zero-order valence-corrected chi connectivity index (χ0v) is 21.0. The topological polar surface area (TPSA) is 38.7 Å². The summed E-state index contributed by atoms with van der Waals surface area (Å²) in [6, 6.07) is 3.67. The summed E-state index contributed by atoms with van der Waals surface area (Å²) in [4.78, 5) is 0. The van der Waals surface area contributed by atoms with Crippen molar-refractivity contribution in [3.63, 3.8) is 0 Å². The van der Waals surface area contributed by atoms with Crippen LogP contribution in [0, 0.1) is 11.6 Å². The number of aliphatic hydroxyl groups excluding tert-OH is 1. The molecule has 0 saturated carbocycles. The van der Waals surface area contributed by atoms with Gasteiger partial charge in [0.1, 0.15) is 6.10 Å². The Kier molecular flexibility index (Phi) is 19.5. The Hall–Kier alpha value is -1.04. The molecule has 0 spiro atoms. The van der Waals surface area contributed by atoms with Crippen LogP contribution in [0.15, 0.2) is 18.2 Å². The summed E-state index contributed by atoms with van der Waals surface area (Å²) in [5.41, 5.74) is 0.533. The van der Waals surface area contributed by atoms with E-state index in [1.165, 1.54) is 96.0 Å². The molecule has 1 aromatic carbocycles. The molecule has 0 aliphatic rings. The normalized spacial score (nSPS) is 12.4. The monoisotopic (exact) mass is 470 g/mol. The molecule has 5 heteroatoms. The van der Waals surface area contributed by atoms with Crippen LogP contribution in [0.3, 0.4) is 0 Å². The fraction of sp³-hybridized carbons (Fsp3) is 0.786. The van der Waals surface area contributed by atoms with E-state index in [1.54, 1.807) is 0 Å². The molecule has 0 aromatic heterocycles. The maximum absolute atomic E-state index is 13.2. The molecule has 1 rings (SSSR count). The lowest BCUT2D eigenvalue weighted by Crippen LogP contribution is -2.24. The second-order valence-electron chi connectivity index (χ2n) is 9.24. The fourth-order valence-corrected chi connectivity index (χ4v) is 3.96. The van der Waals surface area contributed by atoms with Crippen LogP contribution in [0.5, 0.6) is 0 Å². The first-order valence-electron chi connectivity index (χ1n) is 13.4. The van der Waals surface area contributed by atoms with Gasteiger partial charge in [0.2, 0.25) is 0 Å². The van der Waals surface area contributed by atoms with Crippen LogP contribution in [-0.2, 0) is 16.1 Å². The molecule has 0 bridgehead atoms. The van der Waals surface area contributed by atoms with E-state index in [0.29, 0.717) is 18.8 Å². The standard InChI is InChI=1S/C28H48F2O3/c1-2-3-4-5-6-7-8-9-10-11-12-13-14-15-16-17-20-32-24-26(22-31)33-23-25-18-19-27(29)28(30)21-25/h18-19,21,26,31H,2-17,20,22-24H2,1H3/t26-/m0/s1. The molecule has 0 heterocycles. The van der Waals surface area contributed by atoms with Gasteiger partial charge in [0.15, 0.2) is 11.6 Å². The molecule has 0 saturated heterocycles. The van der Waals surface area contributed by atoms with Crippen molar-refractivity contribution in [2.45, 2.75) is 122 Å². The Labute approximate surface area is 201 Å². The average Bonchev–Trinajstić information content (AvgIpc) is 2.82. The number of hydrogen-bond donors (Lipinski definition) is 1. The summed E-state index contributed by atoms with van der Waals surface area (Å²) in [7, 11) is 0. The minimum Gasteiger partial charge on any atom is -0.394 e. The molecule has 1 aromatic rings. The lowest BCUT2D eigenvalue weighted by atomic mass is 10.0.